The Morgan fingerprint density at radius 1 is 1.17 bits per heavy atom. The topological polar surface area (TPSA) is 81.9 Å². The molecule has 0 aromatic rings. The van der Waals surface area contributed by atoms with E-state index in [1.807, 2.05) is 0 Å². The second-order valence-electron chi connectivity index (χ2n) is 1.92. The summed E-state index contributed by atoms with van der Waals surface area (Å²) in [6.45, 7) is 3.19. The predicted octanol–water partition coefficient (Wildman–Crippen LogP) is -0.102. The summed E-state index contributed by atoms with van der Waals surface area (Å²) in [6.07, 6.45) is 0.328. The van der Waals surface area contributed by atoms with Gasteiger partial charge < -0.3 is 9.68 Å². The largest absolute Gasteiger partial charge is 0.330 e. The zero-order chi connectivity index (χ0) is 9.56. The molecule has 12 heavy (non-hydrogen) atoms. The molecule has 0 unspecified atom stereocenters. The van der Waals surface area contributed by atoms with E-state index in [0.29, 0.717) is 0 Å². The van der Waals surface area contributed by atoms with Crippen LogP contribution in [0.3, 0.4) is 0 Å². The number of hydrazine groups is 1. The predicted molar refractivity (Wildman–Crippen MR) is 38.8 cm³/mol. The van der Waals surface area contributed by atoms with E-state index in [1.165, 1.54) is 0 Å². The summed E-state index contributed by atoms with van der Waals surface area (Å²) in [4.78, 5) is 29.7. The van der Waals surface area contributed by atoms with Crippen molar-refractivity contribution in [2.45, 2.75) is 26.7 Å². The lowest BCUT2D eigenvalue weighted by Crippen LogP contribution is -2.35. The molecule has 0 spiro atoms. The molecule has 0 aromatic heterocycles. The monoisotopic (exact) mass is 176 g/mol. The van der Waals surface area contributed by atoms with E-state index >= 15 is 0 Å². The smallest absolute Gasteiger partial charge is 0.319 e. The molecule has 0 atom stereocenters. The molecule has 0 aliphatic carbocycles. The minimum Gasteiger partial charge on any atom is -0.319 e. The van der Waals surface area contributed by atoms with Gasteiger partial charge in [0.25, 0.3) is 0 Å². The summed E-state index contributed by atoms with van der Waals surface area (Å²) in [6, 6.07) is 0. The number of carbonyl (C=O) groups excluding carboxylic acids is 2. The number of carbonyl (C=O) groups is 2. The van der Waals surface area contributed by atoms with Gasteiger partial charge in [-0.25, -0.2) is 0 Å². The molecule has 0 saturated heterocycles. The third-order valence-corrected chi connectivity index (χ3v) is 0.961. The fourth-order valence-electron chi connectivity index (χ4n) is 0.348. The SMILES string of the molecule is CCC(=O)ON(N)OC(=O)CC. The first kappa shape index (κ1) is 10.9. The van der Waals surface area contributed by atoms with Gasteiger partial charge in [-0.3, -0.25) is 9.59 Å². The van der Waals surface area contributed by atoms with Gasteiger partial charge in [0.05, 0.1) is 0 Å². The van der Waals surface area contributed by atoms with Crippen LogP contribution < -0.4 is 5.84 Å². The standard InChI is InChI=1S/C6H12N2O4/c1-3-5(9)11-8(7)12-6(10)4-2/h3-4,7H2,1-2H3. The number of nitrogens with two attached hydrogens (primary N) is 1. The number of nitrogens with zero attached hydrogens (tertiary/aromatic N) is 1. The highest BCUT2D eigenvalue weighted by molar-refractivity contribution is 5.69. The van der Waals surface area contributed by atoms with Crippen LogP contribution >= 0.6 is 0 Å². The van der Waals surface area contributed by atoms with Crippen LogP contribution in [0.15, 0.2) is 0 Å². The van der Waals surface area contributed by atoms with Crippen molar-refractivity contribution in [2.75, 3.05) is 0 Å². The lowest BCUT2D eigenvalue weighted by atomic mass is 10.5. The first-order valence-electron chi connectivity index (χ1n) is 3.56. The number of rotatable bonds is 4. The second-order valence-corrected chi connectivity index (χ2v) is 1.92. The first-order valence-corrected chi connectivity index (χ1v) is 3.56. The molecule has 0 radical (unpaired) electrons. The first-order chi connectivity index (χ1) is 5.60. The minimum absolute atomic E-state index is 0.164. The Balaban J connectivity index is 3.66. The van der Waals surface area contributed by atoms with Crippen LogP contribution in [0.2, 0.25) is 0 Å². The van der Waals surface area contributed by atoms with Crippen molar-refractivity contribution in [1.29, 1.82) is 0 Å². The van der Waals surface area contributed by atoms with E-state index in [9.17, 15) is 9.59 Å². The molecule has 0 aliphatic rings. The van der Waals surface area contributed by atoms with E-state index in [-0.39, 0.29) is 18.2 Å². The molecule has 0 fully saturated rings. The van der Waals surface area contributed by atoms with Crippen LogP contribution in [0, 0.1) is 0 Å². The quantitative estimate of drug-likeness (QED) is 0.475. The molecular formula is C6H12N2O4. The van der Waals surface area contributed by atoms with E-state index < -0.39 is 11.9 Å². The Hall–Kier alpha value is -1.14. The van der Waals surface area contributed by atoms with E-state index in [1.54, 1.807) is 13.8 Å². The normalized spacial score (nSPS) is 9.67. The lowest BCUT2D eigenvalue weighted by Gasteiger charge is -2.12. The molecule has 6 heteroatoms. The van der Waals surface area contributed by atoms with Gasteiger partial charge in [-0.2, -0.15) is 5.84 Å². The summed E-state index contributed by atoms with van der Waals surface area (Å²) in [5.41, 5.74) is 0. The van der Waals surface area contributed by atoms with Crippen molar-refractivity contribution >= 4 is 11.9 Å². The fourth-order valence-corrected chi connectivity index (χ4v) is 0.348. The van der Waals surface area contributed by atoms with E-state index in [4.69, 9.17) is 5.84 Å². The Labute approximate surface area is 70.1 Å². The second kappa shape index (κ2) is 5.50. The maximum absolute atomic E-state index is 10.6. The van der Waals surface area contributed by atoms with Crippen molar-refractivity contribution in [1.82, 2.24) is 5.34 Å². The highest BCUT2D eigenvalue weighted by Crippen LogP contribution is 1.91. The van der Waals surface area contributed by atoms with Gasteiger partial charge in [-0.05, 0) is 0 Å². The highest BCUT2D eigenvalue weighted by atomic mass is 17.0. The van der Waals surface area contributed by atoms with Crippen molar-refractivity contribution in [2.24, 2.45) is 5.84 Å². The van der Waals surface area contributed by atoms with Crippen LogP contribution in [0.5, 0.6) is 0 Å². The van der Waals surface area contributed by atoms with Gasteiger partial charge in [-0.15, -0.1) is 0 Å². The van der Waals surface area contributed by atoms with Crippen molar-refractivity contribution in [3.8, 4) is 0 Å². The maximum atomic E-state index is 10.6. The zero-order valence-corrected chi connectivity index (χ0v) is 7.07. The average Bonchev–Trinajstić information content (AvgIpc) is 2.03. The van der Waals surface area contributed by atoms with Crippen LogP contribution in [-0.2, 0) is 19.3 Å². The van der Waals surface area contributed by atoms with Gasteiger partial charge >= 0.3 is 11.9 Å². The fraction of sp³-hybridized carbons (Fsp3) is 0.667. The maximum Gasteiger partial charge on any atom is 0.330 e. The van der Waals surface area contributed by atoms with Crippen molar-refractivity contribution in [3.05, 3.63) is 0 Å². The molecule has 0 rings (SSSR count). The third kappa shape index (κ3) is 4.64. The van der Waals surface area contributed by atoms with Gasteiger partial charge in [0.1, 0.15) is 5.34 Å². The summed E-state index contributed by atoms with van der Waals surface area (Å²) in [7, 11) is 0. The van der Waals surface area contributed by atoms with Crippen LogP contribution in [-0.4, -0.2) is 17.3 Å². The van der Waals surface area contributed by atoms with Crippen LogP contribution in [0.4, 0.5) is 0 Å². The number of hydrogen-bond donors (Lipinski definition) is 1. The van der Waals surface area contributed by atoms with Gasteiger partial charge in [0.15, 0.2) is 0 Å². The molecule has 2 N–H and O–H groups in total. The van der Waals surface area contributed by atoms with Crippen molar-refractivity contribution < 1.29 is 19.3 Å². The summed E-state index contributed by atoms with van der Waals surface area (Å²) >= 11 is 0. The Kier molecular flexibility index (Phi) is 4.98. The molecule has 0 amide bonds. The Morgan fingerprint density at radius 2 is 1.50 bits per heavy atom. The van der Waals surface area contributed by atoms with Crippen LogP contribution in [0.1, 0.15) is 26.7 Å². The highest BCUT2D eigenvalue weighted by Gasteiger charge is 2.09. The summed E-state index contributed by atoms with van der Waals surface area (Å²) in [5, 5.41) is 0.262. The van der Waals surface area contributed by atoms with Gasteiger partial charge in [0, 0.05) is 12.8 Å². The molecule has 0 aliphatic heterocycles. The number of hydrogen-bond acceptors (Lipinski definition) is 6. The molecule has 0 saturated carbocycles. The Morgan fingerprint density at radius 3 is 1.75 bits per heavy atom. The minimum atomic E-state index is -0.568. The molecule has 0 heterocycles. The third-order valence-electron chi connectivity index (χ3n) is 0.961. The van der Waals surface area contributed by atoms with Gasteiger partial charge in [-0.1, -0.05) is 13.8 Å². The average molecular weight is 176 g/mol. The van der Waals surface area contributed by atoms with Gasteiger partial charge in [0.2, 0.25) is 0 Å². The van der Waals surface area contributed by atoms with E-state index in [0.717, 1.165) is 0 Å². The molecule has 0 aromatic carbocycles. The van der Waals surface area contributed by atoms with Crippen LogP contribution in [0.25, 0.3) is 0 Å². The summed E-state index contributed by atoms with van der Waals surface area (Å²) < 4.78 is 0. The lowest BCUT2D eigenvalue weighted by molar-refractivity contribution is -0.328. The van der Waals surface area contributed by atoms with E-state index in [2.05, 4.69) is 9.68 Å². The summed E-state index contributed by atoms with van der Waals surface area (Å²) in [5.74, 6) is 3.84. The zero-order valence-electron chi connectivity index (χ0n) is 7.07. The molecule has 0 bridgehead atoms. The molecule has 6 nitrogen and oxygen atoms in total. The molecule has 70 valence electrons. The molecular weight excluding hydrogens is 164 g/mol. The Bertz CT molecular complexity index is 153. The van der Waals surface area contributed by atoms with Crippen molar-refractivity contribution in [3.63, 3.8) is 0 Å².